The topological polar surface area (TPSA) is 87.7 Å². The van der Waals surface area contributed by atoms with E-state index in [9.17, 15) is 9.59 Å². The SMILES string of the molecule is CC[C@H](NC(=O)NC1CCOC1C1CC1)C(=O)O. The Morgan fingerprint density at radius 1 is 1.39 bits per heavy atom. The normalized spacial score (nSPS) is 28.7. The van der Waals surface area contributed by atoms with Gasteiger partial charge in [0.25, 0.3) is 0 Å². The molecule has 0 aromatic heterocycles. The predicted molar refractivity (Wildman–Crippen MR) is 64.3 cm³/mol. The van der Waals surface area contributed by atoms with Crippen molar-refractivity contribution in [2.75, 3.05) is 6.61 Å². The van der Waals surface area contributed by atoms with Crippen molar-refractivity contribution in [2.45, 2.75) is 50.8 Å². The van der Waals surface area contributed by atoms with E-state index in [1.54, 1.807) is 6.92 Å². The van der Waals surface area contributed by atoms with Crippen LogP contribution in [0.1, 0.15) is 32.6 Å². The van der Waals surface area contributed by atoms with Gasteiger partial charge >= 0.3 is 12.0 Å². The van der Waals surface area contributed by atoms with E-state index in [1.807, 2.05) is 0 Å². The molecule has 1 saturated carbocycles. The number of carbonyl (C=O) groups is 2. The summed E-state index contributed by atoms with van der Waals surface area (Å²) in [7, 11) is 0. The van der Waals surface area contributed by atoms with Crippen LogP contribution in [0.15, 0.2) is 0 Å². The molecule has 2 rings (SSSR count). The number of hydrogen-bond acceptors (Lipinski definition) is 3. The van der Waals surface area contributed by atoms with Crippen LogP contribution in [-0.4, -0.2) is 41.9 Å². The van der Waals surface area contributed by atoms with Crippen LogP contribution in [0, 0.1) is 5.92 Å². The minimum absolute atomic E-state index is 0.0174. The summed E-state index contributed by atoms with van der Waals surface area (Å²) in [6, 6.07) is -1.22. The van der Waals surface area contributed by atoms with Crippen molar-refractivity contribution in [3.8, 4) is 0 Å². The molecule has 6 nitrogen and oxygen atoms in total. The van der Waals surface area contributed by atoms with E-state index < -0.39 is 18.0 Å². The number of urea groups is 1. The van der Waals surface area contributed by atoms with Crippen molar-refractivity contribution in [1.29, 1.82) is 0 Å². The number of hydrogen-bond donors (Lipinski definition) is 3. The van der Waals surface area contributed by atoms with Gasteiger partial charge in [-0.25, -0.2) is 9.59 Å². The lowest BCUT2D eigenvalue weighted by Gasteiger charge is -2.21. The second-order valence-corrected chi connectivity index (χ2v) is 4.98. The van der Waals surface area contributed by atoms with Crippen LogP contribution in [0.2, 0.25) is 0 Å². The molecule has 0 aromatic rings. The van der Waals surface area contributed by atoms with Gasteiger partial charge in [0.1, 0.15) is 6.04 Å². The molecule has 2 amide bonds. The predicted octanol–water partition coefficient (Wildman–Crippen LogP) is 0.716. The average Bonchev–Trinajstić information content (AvgIpc) is 3.07. The van der Waals surface area contributed by atoms with E-state index in [2.05, 4.69) is 10.6 Å². The first-order chi connectivity index (χ1) is 8.61. The highest BCUT2D eigenvalue weighted by Gasteiger charge is 2.41. The summed E-state index contributed by atoms with van der Waals surface area (Å²) < 4.78 is 5.61. The summed E-state index contributed by atoms with van der Waals surface area (Å²) in [5.41, 5.74) is 0. The van der Waals surface area contributed by atoms with Gasteiger partial charge in [0.15, 0.2) is 0 Å². The molecule has 0 radical (unpaired) electrons. The number of carboxylic acid groups (broad SMARTS) is 1. The first-order valence-electron chi connectivity index (χ1n) is 6.53. The highest BCUT2D eigenvalue weighted by atomic mass is 16.5. The maximum absolute atomic E-state index is 11.7. The Bertz CT molecular complexity index is 330. The Hall–Kier alpha value is -1.30. The Morgan fingerprint density at radius 2 is 2.11 bits per heavy atom. The van der Waals surface area contributed by atoms with E-state index in [4.69, 9.17) is 9.84 Å². The van der Waals surface area contributed by atoms with Crippen LogP contribution in [0.5, 0.6) is 0 Å². The summed E-state index contributed by atoms with van der Waals surface area (Å²) in [6.07, 6.45) is 3.61. The molecule has 0 aromatic carbocycles. The molecule has 102 valence electrons. The van der Waals surface area contributed by atoms with E-state index >= 15 is 0 Å². The number of carbonyl (C=O) groups excluding carboxylic acids is 1. The Kier molecular flexibility index (Phi) is 4.06. The molecule has 2 unspecified atom stereocenters. The molecule has 3 atom stereocenters. The molecule has 1 heterocycles. The highest BCUT2D eigenvalue weighted by Crippen LogP contribution is 2.38. The number of aliphatic carboxylic acids is 1. The Balaban J connectivity index is 1.81. The summed E-state index contributed by atoms with van der Waals surface area (Å²) in [6.45, 7) is 2.40. The molecule has 1 saturated heterocycles. The van der Waals surface area contributed by atoms with Gasteiger partial charge in [-0.15, -0.1) is 0 Å². The van der Waals surface area contributed by atoms with E-state index in [0.717, 1.165) is 19.3 Å². The lowest BCUT2D eigenvalue weighted by Crippen LogP contribution is -2.51. The van der Waals surface area contributed by atoms with Gasteiger partial charge in [-0.05, 0) is 31.6 Å². The number of nitrogens with one attached hydrogen (secondary N) is 2. The quantitative estimate of drug-likeness (QED) is 0.676. The van der Waals surface area contributed by atoms with Crippen LogP contribution in [-0.2, 0) is 9.53 Å². The first-order valence-corrected chi connectivity index (χ1v) is 6.53. The lowest BCUT2D eigenvalue weighted by atomic mass is 10.1. The average molecular weight is 256 g/mol. The molecular weight excluding hydrogens is 236 g/mol. The lowest BCUT2D eigenvalue weighted by molar-refractivity contribution is -0.139. The van der Waals surface area contributed by atoms with Gasteiger partial charge in [-0.1, -0.05) is 6.92 Å². The molecule has 2 fully saturated rings. The monoisotopic (exact) mass is 256 g/mol. The summed E-state index contributed by atoms with van der Waals surface area (Å²) in [4.78, 5) is 22.5. The smallest absolute Gasteiger partial charge is 0.326 e. The van der Waals surface area contributed by atoms with Gasteiger partial charge in [0, 0.05) is 6.61 Å². The zero-order valence-electron chi connectivity index (χ0n) is 10.5. The van der Waals surface area contributed by atoms with Gasteiger partial charge in [0.2, 0.25) is 0 Å². The van der Waals surface area contributed by atoms with Crippen molar-refractivity contribution in [1.82, 2.24) is 10.6 Å². The second-order valence-electron chi connectivity index (χ2n) is 4.98. The zero-order chi connectivity index (χ0) is 13.1. The maximum atomic E-state index is 11.7. The maximum Gasteiger partial charge on any atom is 0.326 e. The highest BCUT2D eigenvalue weighted by molar-refractivity contribution is 5.82. The number of amides is 2. The molecule has 1 aliphatic carbocycles. The Morgan fingerprint density at radius 3 is 2.67 bits per heavy atom. The van der Waals surface area contributed by atoms with Crippen molar-refractivity contribution in [2.24, 2.45) is 5.92 Å². The molecule has 3 N–H and O–H groups in total. The summed E-state index contributed by atoms with van der Waals surface area (Å²) in [5.74, 6) is -0.437. The molecule has 18 heavy (non-hydrogen) atoms. The van der Waals surface area contributed by atoms with Crippen molar-refractivity contribution >= 4 is 12.0 Å². The number of rotatable bonds is 5. The van der Waals surface area contributed by atoms with Gasteiger partial charge in [-0.2, -0.15) is 0 Å². The third-order valence-electron chi connectivity index (χ3n) is 3.55. The summed E-state index contributed by atoms with van der Waals surface area (Å²) >= 11 is 0. The third kappa shape index (κ3) is 3.13. The van der Waals surface area contributed by atoms with E-state index in [-0.39, 0.29) is 12.1 Å². The van der Waals surface area contributed by atoms with Crippen LogP contribution in [0.3, 0.4) is 0 Å². The van der Waals surface area contributed by atoms with Crippen LogP contribution in [0.25, 0.3) is 0 Å². The van der Waals surface area contributed by atoms with E-state index in [1.165, 1.54) is 0 Å². The van der Waals surface area contributed by atoms with Gasteiger partial charge < -0.3 is 20.5 Å². The fourth-order valence-corrected chi connectivity index (χ4v) is 2.36. The standard InChI is InChI=1S/C12H20N2O4/c1-2-8(11(15)16)13-12(17)14-9-5-6-18-10(9)7-3-4-7/h7-10H,2-6H2,1H3,(H,15,16)(H2,13,14,17)/t8-,9?,10?/m0/s1. The minimum Gasteiger partial charge on any atom is -0.480 e. The molecule has 0 bridgehead atoms. The zero-order valence-corrected chi connectivity index (χ0v) is 10.5. The van der Waals surface area contributed by atoms with Gasteiger partial charge in [-0.3, -0.25) is 0 Å². The molecule has 1 aliphatic heterocycles. The fourth-order valence-electron chi connectivity index (χ4n) is 2.36. The molecule has 6 heteroatoms. The fraction of sp³-hybridized carbons (Fsp3) is 0.833. The van der Waals surface area contributed by atoms with Crippen LogP contribution < -0.4 is 10.6 Å². The largest absolute Gasteiger partial charge is 0.480 e. The third-order valence-corrected chi connectivity index (χ3v) is 3.55. The van der Waals surface area contributed by atoms with Gasteiger partial charge in [0.05, 0.1) is 12.1 Å². The van der Waals surface area contributed by atoms with E-state index in [0.29, 0.717) is 18.9 Å². The number of carboxylic acids is 1. The number of ether oxygens (including phenoxy) is 1. The van der Waals surface area contributed by atoms with Crippen molar-refractivity contribution < 1.29 is 19.4 Å². The molecular formula is C12H20N2O4. The molecule has 2 aliphatic rings. The van der Waals surface area contributed by atoms with Crippen molar-refractivity contribution in [3.63, 3.8) is 0 Å². The first kappa shape index (κ1) is 13.1. The van der Waals surface area contributed by atoms with Crippen LogP contribution >= 0.6 is 0 Å². The Labute approximate surface area is 106 Å². The summed E-state index contributed by atoms with van der Waals surface area (Å²) in [5, 5.41) is 14.2. The van der Waals surface area contributed by atoms with Crippen molar-refractivity contribution in [3.05, 3.63) is 0 Å². The molecule has 0 spiro atoms. The second kappa shape index (κ2) is 5.56. The van der Waals surface area contributed by atoms with Crippen LogP contribution in [0.4, 0.5) is 4.79 Å². The minimum atomic E-state index is -1.01.